The molecule has 1 aliphatic heterocycles. The van der Waals surface area contributed by atoms with Crippen molar-refractivity contribution in [2.45, 2.75) is 31.9 Å². The quantitative estimate of drug-likeness (QED) is 0.721. The Balaban J connectivity index is 2.30. The van der Waals surface area contributed by atoms with Gasteiger partial charge in [0.25, 0.3) is 0 Å². The van der Waals surface area contributed by atoms with Crippen LogP contribution in [0.25, 0.3) is 0 Å². The van der Waals surface area contributed by atoms with Crippen LogP contribution in [0.2, 0.25) is 0 Å². The Morgan fingerprint density at radius 2 is 2.00 bits per heavy atom. The summed E-state index contributed by atoms with van der Waals surface area (Å²) in [5.41, 5.74) is 0. The average Bonchev–Trinajstić information content (AvgIpc) is 2.05. The van der Waals surface area contributed by atoms with Gasteiger partial charge < -0.3 is 5.32 Å². The van der Waals surface area contributed by atoms with Gasteiger partial charge in [0.1, 0.15) is 0 Å². The number of hydrogen-bond acceptors (Lipinski definition) is 2. The van der Waals surface area contributed by atoms with E-state index in [-0.39, 0.29) is 0 Å². The molecule has 3 heteroatoms. The Labute approximate surface area is 77.6 Å². The van der Waals surface area contributed by atoms with Gasteiger partial charge in [0, 0.05) is 21.8 Å². The SMILES string of the molecule is CC(C)CS(=O)C1CCNCC1. The number of piperidine rings is 1. The van der Waals surface area contributed by atoms with Gasteiger partial charge in [0.05, 0.1) is 0 Å². The smallest absolute Gasteiger partial charge is 0.0372 e. The van der Waals surface area contributed by atoms with Crippen LogP contribution in [0.1, 0.15) is 26.7 Å². The second-order valence-electron chi connectivity index (χ2n) is 3.89. The lowest BCUT2D eigenvalue weighted by Gasteiger charge is -2.22. The van der Waals surface area contributed by atoms with E-state index >= 15 is 0 Å². The normalized spacial score (nSPS) is 22.9. The lowest BCUT2D eigenvalue weighted by atomic mass is 10.2. The minimum absolute atomic E-state index is 0.466. The molecule has 2 nitrogen and oxygen atoms in total. The summed E-state index contributed by atoms with van der Waals surface area (Å²) in [5.74, 6) is 1.45. The predicted octanol–water partition coefficient (Wildman–Crippen LogP) is 1.14. The molecule has 1 N–H and O–H groups in total. The second kappa shape index (κ2) is 4.97. The van der Waals surface area contributed by atoms with Crippen molar-refractivity contribution < 1.29 is 4.21 Å². The molecule has 0 aliphatic carbocycles. The lowest BCUT2D eigenvalue weighted by Crippen LogP contribution is -2.34. The Hall–Kier alpha value is 0.110. The van der Waals surface area contributed by atoms with Crippen LogP contribution in [0, 0.1) is 5.92 Å². The monoisotopic (exact) mass is 189 g/mol. The van der Waals surface area contributed by atoms with E-state index in [1.165, 1.54) is 0 Å². The molecule has 0 saturated carbocycles. The first-order valence-corrected chi connectivity index (χ1v) is 6.16. The van der Waals surface area contributed by atoms with Gasteiger partial charge >= 0.3 is 0 Å². The molecule has 0 amide bonds. The van der Waals surface area contributed by atoms with Crippen LogP contribution in [0.4, 0.5) is 0 Å². The van der Waals surface area contributed by atoms with Crippen molar-refractivity contribution in [1.29, 1.82) is 0 Å². The van der Waals surface area contributed by atoms with Crippen LogP contribution in [-0.2, 0) is 10.8 Å². The highest BCUT2D eigenvalue weighted by Crippen LogP contribution is 2.12. The molecule has 0 bridgehead atoms. The maximum atomic E-state index is 11.7. The van der Waals surface area contributed by atoms with Crippen molar-refractivity contribution in [3.63, 3.8) is 0 Å². The number of nitrogens with one attached hydrogen (secondary N) is 1. The van der Waals surface area contributed by atoms with Crippen LogP contribution in [0.5, 0.6) is 0 Å². The topological polar surface area (TPSA) is 29.1 Å². The van der Waals surface area contributed by atoms with Gasteiger partial charge in [0.15, 0.2) is 0 Å². The molecule has 0 radical (unpaired) electrons. The highest BCUT2D eigenvalue weighted by atomic mass is 32.2. The molecule has 1 aliphatic rings. The maximum Gasteiger partial charge on any atom is 0.0372 e. The molecule has 1 unspecified atom stereocenters. The first-order chi connectivity index (χ1) is 5.70. The minimum Gasteiger partial charge on any atom is -0.317 e. The van der Waals surface area contributed by atoms with E-state index in [2.05, 4.69) is 19.2 Å². The first-order valence-electron chi connectivity index (χ1n) is 4.78. The van der Waals surface area contributed by atoms with E-state index in [1.807, 2.05) is 0 Å². The molecule has 1 saturated heterocycles. The zero-order chi connectivity index (χ0) is 8.97. The predicted molar refractivity (Wildman–Crippen MR) is 53.7 cm³/mol. The summed E-state index contributed by atoms with van der Waals surface area (Å²) in [6.45, 7) is 6.38. The fourth-order valence-electron chi connectivity index (χ4n) is 1.52. The molecule has 1 rings (SSSR count). The van der Waals surface area contributed by atoms with Gasteiger partial charge in [0.2, 0.25) is 0 Å². The minimum atomic E-state index is -0.577. The van der Waals surface area contributed by atoms with E-state index in [0.29, 0.717) is 11.2 Å². The van der Waals surface area contributed by atoms with Crippen LogP contribution in [0.3, 0.4) is 0 Å². The highest BCUT2D eigenvalue weighted by Gasteiger charge is 2.19. The van der Waals surface area contributed by atoms with Gasteiger partial charge in [-0.2, -0.15) is 0 Å². The molecule has 72 valence electrons. The lowest BCUT2D eigenvalue weighted by molar-refractivity contribution is 0.517. The van der Waals surface area contributed by atoms with Crippen molar-refractivity contribution in [2.24, 2.45) is 5.92 Å². The van der Waals surface area contributed by atoms with Gasteiger partial charge in [-0.1, -0.05) is 13.8 Å². The third kappa shape index (κ3) is 3.23. The third-order valence-electron chi connectivity index (χ3n) is 2.16. The maximum absolute atomic E-state index is 11.7. The van der Waals surface area contributed by atoms with Crippen molar-refractivity contribution in [2.75, 3.05) is 18.8 Å². The third-order valence-corrected chi connectivity index (χ3v) is 4.37. The fourth-order valence-corrected chi connectivity index (χ4v) is 3.21. The first kappa shape index (κ1) is 10.2. The number of hydrogen-bond donors (Lipinski definition) is 1. The van der Waals surface area contributed by atoms with E-state index in [0.717, 1.165) is 31.7 Å². The van der Waals surface area contributed by atoms with Gasteiger partial charge in [-0.25, -0.2) is 0 Å². The standard InChI is InChI=1S/C9H19NOS/c1-8(2)7-12(11)9-3-5-10-6-4-9/h8-10H,3-7H2,1-2H3. The van der Waals surface area contributed by atoms with Crippen molar-refractivity contribution in [1.82, 2.24) is 5.32 Å². The Morgan fingerprint density at radius 3 is 2.50 bits per heavy atom. The molecular formula is C9H19NOS. The van der Waals surface area contributed by atoms with Crippen LogP contribution >= 0.6 is 0 Å². The van der Waals surface area contributed by atoms with Crippen LogP contribution in [0.15, 0.2) is 0 Å². The van der Waals surface area contributed by atoms with Crippen LogP contribution in [-0.4, -0.2) is 28.3 Å². The molecule has 0 spiro atoms. The molecular weight excluding hydrogens is 170 g/mol. The summed E-state index contributed by atoms with van der Waals surface area (Å²) in [5, 5.41) is 3.75. The molecule has 0 aromatic carbocycles. The zero-order valence-electron chi connectivity index (χ0n) is 8.01. The molecule has 1 fully saturated rings. The summed E-state index contributed by atoms with van der Waals surface area (Å²) in [6.07, 6.45) is 2.19. The Morgan fingerprint density at radius 1 is 1.42 bits per heavy atom. The largest absolute Gasteiger partial charge is 0.317 e. The second-order valence-corrected chi connectivity index (χ2v) is 5.65. The van der Waals surface area contributed by atoms with Gasteiger partial charge in [-0.3, -0.25) is 4.21 Å². The summed E-state index contributed by atoms with van der Waals surface area (Å²) in [4.78, 5) is 0. The average molecular weight is 189 g/mol. The molecule has 0 aromatic heterocycles. The van der Waals surface area contributed by atoms with E-state index in [1.54, 1.807) is 0 Å². The summed E-state index contributed by atoms with van der Waals surface area (Å²) in [6, 6.07) is 0. The summed E-state index contributed by atoms with van der Waals surface area (Å²) in [7, 11) is -0.577. The highest BCUT2D eigenvalue weighted by molar-refractivity contribution is 7.85. The van der Waals surface area contributed by atoms with Gasteiger partial charge in [-0.15, -0.1) is 0 Å². The van der Waals surface area contributed by atoms with E-state index < -0.39 is 10.8 Å². The van der Waals surface area contributed by atoms with Crippen molar-refractivity contribution in [3.05, 3.63) is 0 Å². The summed E-state index contributed by atoms with van der Waals surface area (Å²) >= 11 is 0. The van der Waals surface area contributed by atoms with Crippen LogP contribution < -0.4 is 5.32 Å². The molecule has 12 heavy (non-hydrogen) atoms. The fraction of sp³-hybridized carbons (Fsp3) is 1.00. The van der Waals surface area contributed by atoms with Gasteiger partial charge in [-0.05, 0) is 31.8 Å². The number of rotatable bonds is 3. The molecule has 1 heterocycles. The zero-order valence-corrected chi connectivity index (χ0v) is 8.82. The Bertz CT molecular complexity index is 153. The summed E-state index contributed by atoms with van der Waals surface area (Å²) < 4.78 is 11.7. The molecule has 1 atom stereocenters. The van der Waals surface area contributed by atoms with E-state index in [4.69, 9.17) is 0 Å². The Kier molecular flexibility index (Phi) is 4.22. The van der Waals surface area contributed by atoms with Crippen molar-refractivity contribution in [3.8, 4) is 0 Å². The van der Waals surface area contributed by atoms with Crippen molar-refractivity contribution >= 4 is 10.8 Å². The van der Waals surface area contributed by atoms with E-state index in [9.17, 15) is 4.21 Å². The molecule has 0 aromatic rings.